The van der Waals surface area contributed by atoms with Crippen LogP contribution < -0.4 is 0 Å². The lowest BCUT2D eigenvalue weighted by Crippen LogP contribution is -2.44. The number of carbonyl (C=O) groups excluding carboxylic acids is 5. The highest BCUT2D eigenvalue weighted by atomic mass is 19.4. The Labute approximate surface area is 285 Å². The summed E-state index contributed by atoms with van der Waals surface area (Å²) >= 11 is 0. The molecule has 3 rings (SSSR count). The van der Waals surface area contributed by atoms with Gasteiger partial charge in [-0.25, -0.2) is 4.79 Å². The van der Waals surface area contributed by atoms with Crippen LogP contribution >= 0.6 is 0 Å². The second-order valence-electron chi connectivity index (χ2n) is 14.5. The minimum absolute atomic E-state index is 0. The quantitative estimate of drug-likeness (QED) is 0.132. The van der Waals surface area contributed by atoms with Gasteiger partial charge in [-0.1, -0.05) is 43.6 Å². The summed E-state index contributed by atoms with van der Waals surface area (Å²) in [5, 5.41) is 0. The van der Waals surface area contributed by atoms with Crippen LogP contribution in [0.3, 0.4) is 0 Å². The molecule has 3 fully saturated rings. The summed E-state index contributed by atoms with van der Waals surface area (Å²) < 4.78 is 65.0. The summed E-state index contributed by atoms with van der Waals surface area (Å²) in [4.78, 5) is 64.1. The first-order valence-corrected chi connectivity index (χ1v) is 15.1. The Morgan fingerprint density at radius 2 is 1.40 bits per heavy atom. The zero-order valence-corrected chi connectivity index (χ0v) is 26.8. The van der Waals surface area contributed by atoms with Crippen LogP contribution in [0.4, 0.5) is 18.0 Å². The number of halogens is 3. The summed E-state index contributed by atoms with van der Waals surface area (Å²) in [5.74, 6) is -7.51. The van der Waals surface area contributed by atoms with E-state index in [-0.39, 0.29) is 66.2 Å². The maximum Gasteiger partial charge on any atom is 0.509 e. The Kier molecular flexibility index (Phi) is 16.9. The number of hydrogen-bond acceptors (Lipinski definition) is 10. The molecule has 3 aliphatic rings. The van der Waals surface area contributed by atoms with E-state index < -0.39 is 83.3 Å². The Morgan fingerprint density at radius 3 is 1.88 bits per heavy atom. The van der Waals surface area contributed by atoms with Crippen LogP contribution in [0.1, 0.15) is 118 Å². The molecule has 1 heterocycles. The number of ether oxygens (including phenoxy) is 5. The molecular formula is C35H61F3O10. The fourth-order valence-electron chi connectivity index (χ4n) is 7.02. The topological polar surface area (TPSA) is 132 Å². The Hall–Kier alpha value is -2.86. The van der Waals surface area contributed by atoms with Crippen LogP contribution in [0.25, 0.3) is 0 Å². The number of hydrogen-bond donors (Lipinski definition) is 0. The molecule has 0 aromatic carbocycles. The lowest BCUT2D eigenvalue weighted by molar-refractivity contribution is -0.218. The fraction of sp³-hybridized carbons (Fsp3) is 0.857. The average molecular weight is 699 g/mol. The van der Waals surface area contributed by atoms with Gasteiger partial charge < -0.3 is 23.7 Å². The van der Waals surface area contributed by atoms with E-state index >= 15 is 0 Å². The molecule has 48 heavy (non-hydrogen) atoms. The van der Waals surface area contributed by atoms with Crippen LogP contribution in [0.5, 0.6) is 0 Å². The van der Waals surface area contributed by atoms with Gasteiger partial charge in [0.2, 0.25) is 0 Å². The van der Waals surface area contributed by atoms with Crippen molar-refractivity contribution >= 4 is 30.0 Å². The van der Waals surface area contributed by atoms with Crippen molar-refractivity contribution in [3.63, 3.8) is 0 Å². The Balaban J connectivity index is 0. The van der Waals surface area contributed by atoms with E-state index in [4.69, 9.17) is 18.9 Å². The van der Waals surface area contributed by atoms with Crippen molar-refractivity contribution in [1.29, 1.82) is 0 Å². The van der Waals surface area contributed by atoms with Crippen molar-refractivity contribution in [3.8, 4) is 0 Å². The lowest BCUT2D eigenvalue weighted by Gasteiger charge is -2.40. The predicted molar refractivity (Wildman–Crippen MR) is 174 cm³/mol. The molecule has 2 aliphatic carbocycles. The van der Waals surface area contributed by atoms with Gasteiger partial charge >= 0.3 is 36.2 Å². The zero-order chi connectivity index (χ0) is 33.5. The van der Waals surface area contributed by atoms with E-state index in [1.165, 1.54) is 6.92 Å². The summed E-state index contributed by atoms with van der Waals surface area (Å²) in [5.41, 5.74) is -1.63. The molecule has 282 valence electrons. The fourth-order valence-corrected chi connectivity index (χ4v) is 7.02. The maximum atomic E-state index is 13.1. The van der Waals surface area contributed by atoms with Crippen LogP contribution in [0, 0.1) is 47.3 Å². The Morgan fingerprint density at radius 1 is 0.854 bits per heavy atom. The van der Waals surface area contributed by atoms with Crippen molar-refractivity contribution < 1.29 is 60.8 Å². The van der Waals surface area contributed by atoms with Crippen LogP contribution in [-0.4, -0.2) is 59.6 Å². The molecule has 0 N–H and O–H groups in total. The van der Waals surface area contributed by atoms with Crippen molar-refractivity contribution in [3.05, 3.63) is 0 Å². The van der Waals surface area contributed by atoms with Gasteiger partial charge in [-0.2, -0.15) is 13.2 Å². The number of fused-ring (bicyclic) bond motifs is 2. The molecule has 10 unspecified atom stereocenters. The highest BCUT2D eigenvalue weighted by Gasteiger charge is 2.61. The number of carbonyl (C=O) groups is 5. The van der Waals surface area contributed by atoms with E-state index in [0.29, 0.717) is 19.8 Å². The molecule has 0 amide bonds. The average Bonchev–Trinajstić information content (AvgIpc) is 3.46. The maximum absolute atomic E-state index is 13.1. The molecule has 0 aromatic rings. The molecule has 1 aliphatic heterocycles. The Bertz CT molecular complexity index is 1090. The standard InChI is InChI=1S/C31H45F3O10.4CH4/c1-14(25(36)40-16(3)31(32,33)34)10-20-24(27(38)42-26(20)37)23-15(2)17-11-18(19(23)12-17)21(13-22(35)43-29(4,5)6)41-28(39)44-30(7,8)9;;;;/h14-21,23-24H,10-13H2,1-9H3;4*1H4. The first-order chi connectivity index (χ1) is 20.0. The third-order valence-corrected chi connectivity index (χ3v) is 8.84. The highest BCUT2D eigenvalue weighted by Crippen LogP contribution is 2.61. The summed E-state index contributed by atoms with van der Waals surface area (Å²) in [6.45, 7) is 14.2. The van der Waals surface area contributed by atoms with Gasteiger partial charge in [-0.05, 0) is 91.4 Å². The summed E-state index contributed by atoms with van der Waals surface area (Å²) in [7, 11) is 0. The van der Waals surface area contributed by atoms with Gasteiger partial charge in [0.1, 0.15) is 17.3 Å². The highest BCUT2D eigenvalue weighted by molar-refractivity contribution is 5.97. The number of rotatable bonds is 9. The van der Waals surface area contributed by atoms with E-state index in [0.717, 1.165) is 0 Å². The van der Waals surface area contributed by atoms with Gasteiger partial charge in [-0.3, -0.25) is 19.2 Å². The van der Waals surface area contributed by atoms with Crippen LogP contribution in [0.2, 0.25) is 0 Å². The number of cyclic esters (lactones) is 2. The monoisotopic (exact) mass is 698 g/mol. The second-order valence-corrected chi connectivity index (χ2v) is 14.5. The molecule has 0 spiro atoms. The number of alkyl halides is 3. The minimum Gasteiger partial charge on any atom is -0.460 e. The van der Waals surface area contributed by atoms with Crippen molar-refractivity contribution in [2.75, 3.05) is 0 Å². The zero-order valence-electron chi connectivity index (χ0n) is 26.8. The van der Waals surface area contributed by atoms with Crippen LogP contribution in [0.15, 0.2) is 0 Å². The molecule has 1 saturated heterocycles. The molecule has 2 saturated carbocycles. The first kappa shape index (κ1) is 47.3. The van der Waals surface area contributed by atoms with E-state index in [1.807, 2.05) is 6.92 Å². The van der Waals surface area contributed by atoms with Gasteiger partial charge in [-0.15, -0.1) is 0 Å². The van der Waals surface area contributed by atoms with Crippen molar-refractivity contribution in [1.82, 2.24) is 0 Å². The lowest BCUT2D eigenvalue weighted by atomic mass is 9.64. The van der Waals surface area contributed by atoms with Crippen LogP contribution in [-0.2, 0) is 42.9 Å². The molecular weight excluding hydrogens is 637 g/mol. The predicted octanol–water partition coefficient (Wildman–Crippen LogP) is 8.33. The summed E-state index contributed by atoms with van der Waals surface area (Å²) in [6.07, 6.45) is -8.21. The normalized spacial score (nSPS) is 28.2. The van der Waals surface area contributed by atoms with Gasteiger partial charge in [0, 0.05) is 5.92 Å². The first-order valence-electron chi connectivity index (χ1n) is 15.1. The van der Waals surface area contributed by atoms with Gasteiger partial charge in [0.25, 0.3) is 0 Å². The van der Waals surface area contributed by atoms with E-state index in [1.54, 1.807) is 41.5 Å². The van der Waals surface area contributed by atoms with Crippen molar-refractivity contribution in [2.24, 2.45) is 47.3 Å². The van der Waals surface area contributed by atoms with Crippen molar-refractivity contribution in [2.45, 2.75) is 147 Å². The third-order valence-electron chi connectivity index (χ3n) is 8.84. The summed E-state index contributed by atoms with van der Waals surface area (Å²) in [6, 6.07) is 0. The smallest absolute Gasteiger partial charge is 0.460 e. The molecule has 13 heteroatoms. The third kappa shape index (κ3) is 11.6. The van der Waals surface area contributed by atoms with E-state index in [2.05, 4.69) is 4.74 Å². The molecule has 0 aromatic heterocycles. The number of esters is 4. The largest absolute Gasteiger partial charge is 0.509 e. The minimum atomic E-state index is -4.75. The molecule has 2 bridgehead atoms. The van der Waals surface area contributed by atoms with Gasteiger partial charge in [0.05, 0.1) is 24.2 Å². The molecule has 10 nitrogen and oxygen atoms in total. The van der Waals surface area contributed by atoms with Gasteiger partial charge in [0.15, 0.2) is 6.10 Å². The molecule has 0 radical (unpaired) electrons. The SMILES string of the molecule is C.C.C.C.CC(CC1C(=O)OC(=O)C1C1C(C)C2CC(C(CC(=O)OC(C)(C)C)OC(=O)OC(C)(C)C)C1C2)C(=O)OC(C)C(F)(F)F. The van der Waals surface area contributed by atoms with E-state index in [9.17, 15) is 37.1 Å². The second kappa shape index (κ2) is 17.2. The molecule has 10 atom stereocenters.